The van der Waals surface area contributed by atoms with E-state index in [4.69, 9.17) is 28.4 Å². The van der Waals surface area contributed by atoms with Gasteiger partial charge in [0.1, 0.15) is 0 Å². The van der Waals surface area contributed by atoms with Gasteiger partial charge in [0.15, 0.2) is 23.0 Å². The third-order valence-electron chi connectivity index (χ3n) is 6.01. The summed E-state index contributed by atoms with van der Waals surface area (Å²) in [6.45, 7) is 0.624. The van der Waals surface area contributed by atoms with Crippen LogP contribution in [0.1, 0.15) is 11.1 Å². The molecule has 2 atom stereocenters. The van der Waals surface area contributed by atoms with Crippen molar-refractivity contribution in [2.24, 2.45) is 11.8 Å². The number of cyclic esters (lactones) is 1. The maximum atomic E-state index is 12.5. The summed E-state index contributed by atoms with van der Waals surface area (Å²) in [6.07, 6.45) is 1.25. The van der Waals surface area contributed by atoms with Crippen LogP contribution in [0.25, 0.3) is 11.1 Å². The van der Waals surface area contributed by atoms with Crippen molar-refractivity contribution in [3.63, 3.8) is 0 Å². The van der Waals surface area contributed by atoms with Crippen LogP contribution in [0.4, 0.5) is 0 Å². The number of benzene rings is 2. The van der Waals surface area contributed by atoms with Crippen molar-refractivity contribution in [1.29, 1.82) is 0 Å². The number of methoxy groups -OCH3 is 3. The molecule has 0 saturated carbocycles. The minimum atomic E-state index is -0.213. The van der Waals surface area contributed by atoms with Crippen LogP contribution in [0.5, 0.6) is 28.7 Å². The number of fused-ring (bicyclic) bond motifs is 5. The highest BCUT2D eigenvalue weighted by atomic mass is 16.7. The molecule has 3 aliphatic rings. The molecule has 2 aromatic carbocycles. The molecule has 152 valence electrons. The van der Waals surface area contributed by atoms with Crippen LogP contribution in [0.2, 0.25) is 0 Å². The highest BCUT2D eigenvalue weighted by Gasteiger charge is 2.40. The van der Waals surface area contributed by atoms with Gasteiger partial charge in [-0.3, -0.25) is 4.79 Å². The third kappa shape index (κ3) is 2.68. The van der Waals surface area contributed by atoms with Crippen LogP contribution in [-0.2, 0) is 22.4 Å². The molecule has 2 aromatic rings. The predicted octanol–water partition coefficient (Wildman–Crippen LogP) is 3.00. The number of hydrogen-bond donors (Lipinski definition) is 0. The second kappa shape index (κ2) is 6.76. The van der Waals surface area contributed by atoms with Gasteiger partial charge in [-0.15, -0.1) is 0 Å². The number of carbonyl (C=O) groups is 1. The van der Waals surface area contributed by atoms with E-state index in [2.05, 4.69) is 0 Å². The molecular weight excluding hydrogens is 376 g/mol. The van der Waals surface area contributed by atoms with Gasteiger partial charge in [-0.2, -0.15) is 0 Å². The van der Waals surface area contributed by atoms with E-state index in [1.807, 2.05) is 18.2 Å². The van der Waals surface area contributed by atoms with Crippen molar-refractivity contribution in [2.45, 2.75) is 12.8 Å². The Kier molecular flexibility index (Phi) is 4.19. The first-order valence-electron chi connectivity index (χ1n) is 9.56. The molecule has 0 radical (unpaired) electrons. The minimum Gasteiger partial charge on any atom is -0.493 e. The van der Waals surface area contributed by atoms with Gasteiger partial charge in [-0.1, -0.05) is 0 Å². The molecule has 7 heteroatoms. The van der Waals surface area contributed by atoms with E-state index >= 15 is 0 Å². The summed E-state index contributed by atoms with van der Waals surface area (Å²) >= 11 is 0. The average Bonchev–Trinajstić information content (AvgIpc) is 3.31. The Labute approximate surface area is 168 Å². The molecule has 1 unspecified atom stereocenters. The number of hydrogen-bond acceptors (Lipinski definition) is 7. The van der Waals surface area contributed by atoms with Gasteiger partial charge in [0, 0.05) is 11.5 Å². The zero-order valence-electron chi connectivity index (χ0n) is 16.6. The lowest BCUT2D eigenvalue weighted by Crippen LogP contribution is -2.23. The summed E-state index contributed by atoms with van der Waals surface area (Å²) in [5.41, 5.74) is 3.89. The monoisotopic (exact) mass is 398 g/mol. The Morgan fingerprint density at radius 1 is 0.862 bits per heavy atom. The van der Waals surface area contributed by atoms with Crippen molar-refractivity contribution < 1.29 is 33.2 Å². The van der Waals surface area contributed by atoms with Crippen molar-refractivity contribution in [3.8, 4) is 39.9 Å². The lowest BCUT2D eigenvalue weighted by Gasteiger charge is -2.27. The summed E-state index contributed by atoms with van der Waals surface area (Å²) in [6, 6.07) is 5.92. The van der Waals surface area contributed by atoms with Crippen LogP contribution in [0, 0.1) is 11.8 Å². The van der Waals surface area contributed by atoms with Gasteiger partial charge in [-0.25, -0.2) is 0 Å². The average molecular weight is 398 g/mol. The number of rotatable bonds is 3. The second-order valence-corrected chi connectivity index (χ2v) is 7.45. The Hall–Kier alpha value is -3.09. The maximum Gasteiger partial charge on any atom is 0.309 e. The SMILES string of the molecule is COc1cc2c(c(OC)c1OC)-c1cc3c(cc1C[C@H]1COC(=O)C1C2)OCO3. The first kappa shape index (κ1) is 18.0. The van der Waals surface area contributed by atoms with Crippen LogP contribution < -0.4 is 23.7 Å². The van der Waals surface area contributed by atoms with Gasteiger partial charge >= 0.3 is 5.97 Å². The number of ether oxygens (including phenoxy) is 6. The molecule has 2 aliphatic heterocycles. The van der Waals surface area contributed by atoms with E-state index in [0.717, 1.165) is 22.3 Å². The summed E-state index contributed by atoms with van der Waals surface area (Å²) in [5, 5.41) is 0. The van der Waals surface area contributed by atoms with Crippen LogP contribution in [-0.4, -0.2) is 40.7 Å². The Morgan fingerprint density at radius 3 is 2.34 bits per heavy atom. The fraction of sp³-hybridized carbons (Fsp3) is 0.409. The predicted molar refractivity (Wildman–Crippen MR) is 103 cm³/mol. The van der Waals surface area contributed by atoms with Gasteiger partial charge in [0.25, 0.3) is 0 Å². The number of esters is 1. The molecule has 0 N–H and O–H groups in total. The topological polar surface area (TPSA) is 72.5 Å². The first-order valence-corrected chi connectivity index (χ1v) is 9.56. The lowest BCUT2D eigenvalue weighted by molar-refractivity contribution is -0.141. The summed E-state index contributed by atoms with van der Waals surface area (Å²) in [4.78, 5) is 12.5. The minimum absolute atomic E-state index is 0.105. The molecule has 0 amide bonds. The van der Waals surface area contributed by atoms with Crippen molar-refractivity contribution in [2.75, 3.05) is 34.7 Å². The zero-order valence-corrected chi connectivity index (χ0v) is 16.6. The van der Waals surface area contributed by atoms with Crippen LogP contribution in [0.15, 0.2) is 18.2 Å². The molecule has 1 aliphatic carbocycles. The van der Waals surface area contributed by atoms with Crippen molar-refractivity contribution in [3.05, 3.63) is 29.3 Å². The molecule has 0 spiro atoms. The quantitative estimate of drug-likeness (QED) is 0.736. The molecule has 29 heavy (non-hydrogen) atoms. The molecule has 7 nitrogen and oxygen atoms in total. The standard InChI is InChI=1S/C22H22O7/c1-24-18-7-12-5-15-13(9-27-22(15)23)4-11-6-16-17(29-10-28-16)8-14(11)19(12)21(26-3)20(18)25-2/h6-8,13,15H,4-5,9-10H2,1-3H3/t13-,15?/m0/s1. The number of carbonyl (C=O) groups excluding carboxylic acids is 1. The summed E-state index contributed by atoms with van der Waals surface area (Å²) < 4.78 is 33.6. The molecule has 2 heterocycles. The van der Waals surface area contributed by atoms with Gasteiger partial charge in [-0.05, 0) is 47.7 Å². The Morgan fingerprint density at radius 2 is 1.62 bits per heavy atom. The van der Waals surface area contributed by atoms with Crippen molar-refractivity contribution >= 4 is 5.97 Å². The largest absolute Gasteiger partial charge is 0.493 e. The van der Waals surface area contributed by atoms with Crippen LogP contribution >= 0.6 is 0 Å². The molecule has 1 fully saturated rings. The van der Waals surface area contributed by atoms with Crippen LogP contribution in [0.3, 0.4) is 0 Å². The van der Waals surface area contributed by atoms with Crippen molar-refractivity contribution in [1.82, 2.24) is 0 Å². The normalized spacial score (nSPS) is 21.3. The zero-order chi connectivity index (χ0) is 20.1. The summed E-state index contributed by atoms with van der Waals surface area (Å²) in [7, 11) is 4.78. The highest BCUT2D eigenvalue weighted by Crippen LogP contribution is 2.52. The maximum absolute atomic E-state index is 12.5. The lowest BCUT2D eigenvalue weighted by atomic mass is 9.77. The smallest absolute Gasteiger partial charge is 0.309 e. The van der Waals surface area contributed by atoms with E-state index in [0.29, 0.717) is 48.2 Å². The first-order chi connectivity index (χ1) is 14.1. The van der Waals surface area contributed by atoms with Gasteiger partial charge < -0.3 is 28.4 Å². The second-order valence-electron chi connectivity index (χ2n) is 7.45. The van der Waals surface area contributed by atoms with E-state index in [1.165, 1.54) is 0 Å². The highest BCUT2D eigenvalue weighted by molar-refractivity contribution is 5.85. The third-order valence-corrected chi connectivity index (χ3v) is 6.01. The Balaban J connectivity index is 1.81. The van der Waals surface area contributed by atoms with Gasteiger partial charge in [0.2, 0.25) is 12.5 Å². The molecule has 0 bridgehead atoms. The van der Waals surface area contributed by atoms with Gasteiger partial charge in [0.05, 0.1) is 33.9 Å². The molecule has 1 saturated heterocycles. The van der Waals surface area contributed by atoms with E-state index in [1.54, 1.807) is 21.3 Å². The molecular formula is C22H22O7. The summed E-state index contributed by atoms with van der Waals surface area (Å²) in [5.74, 6) is 2.81. The Bertz CT molecular complexity index is 997. The fourth-order valence-electron chi connectivity index (χ4n) is 4.62. The fourth-order valence-corrected chi connectivity index (χ4v) is 4.62. The van der Waals surface area contributed by atoms with E-state index in [9.17, 15) is 4.79 Å². The molecule has 5 rings (SSSR count). The molecule has 0 aromatic heterocycles. The van der Waals surface area contributed by atoms with E-state index < -0.39 is 0 Å². The van der Waals surface area contributed by atoms with E-state index in [-0.39, 0.29) is 24.6 Å².